The van der Waals surface area contributed by atoms with Gasteiger partial charge in [-0.2, -0.15) is 0 Å². The fraction of sp³-hybridized carbons (Fsp3) is 0.361. The van der Waals surface area contributed by atoms with E-state index in [1.165, 1.54) is 17.0 Å². The van der Waals surface area contributed by atoms with E-state index < -0.39 is 66.2 Å². The number of hydrogen-bond acceptors (Lipinski definition) is 8. The number of benzene rings is 3. The van der Waals surface area contributed by atoms with Crippen LogP contribution in [0.3, 0.4) is 0 Å². The lowest BCUT2D eigenvalue weighted by Gasteiger charge is -2.37. The molecule has 2 aliphatic rings. The van der Waals surface area contributed by atoms with Gasteiger partial charge in [0.25, 0.3) is 0 Å². The fourth-order valence-corrected chi connectivity index (χ4v) is 6.57. The summed E-state index contributed by atoms with van der Waals surface area (Å²) in [6.45, 7) is -0.0901. The molecule has 3 aromatic carbocycles. The molecule has 12 heteroatoms. The summed E-state index contributed by atoms with van der Waals surface area (Å²) in [5.74, 6) is -3.91. The quantitative estimate of drug-likeness (QED) is 0.227. The lowest BCUT2D eigenvalue weighted by atomic mass is 9.83. The molecule has 5 amide bonds. The molecule has 2 aliphatic heterocycles. The summed E-state index contributed by atoms with van der Waals surface area (Å²) in [4.78, 5) is 72.8. The Balaban J connectivity index is 1.59. The van der Waals surface area contributed by atoms with Crippen molar-refractivity contribution in [3.63, 3.8) is 0 Å². The summed E-state index contributed by atoms with van der Waals surface area (Å²) >= 11 is 0. The lowest BCUT2D eigenvalue weighted by molar-refractivity contribution is -0.154. The molecule has 48 heavy (non-hydrogen) atoms. The lowest BCUT2D eigenvalue weighted by Crippen LogP contribution is -2.63. The summed E-state index contributed by atoms with van der Waals surface area (Å²) in [7, 11) is 0. The number of aromatic hydroxyl groups is 1. The molecule has 4 atom stereocenters. The van der Waals surface area contributed by atoms with Gasteiger partial charge in [-0.1, -0.05) is 72.8 Å². The molecule has 7 N–H and O–H groups in total. The first kappa shape index (κ1) is 34.3. The Morgan fingerprint density at radius 2 is 1.52 bits per heavy atom. The van der Waals surface area contributed by atoms with Crippen LogP contribution in [0.25, 0.3) is 0 Å². The zero-order chi connectivity index (χ0) is 34.2. The second kappa shape index (κ2) is 15.7. The van der Waals surface area contributed by atoms with Gasteiger partial charge in [0.15, 0.2) is 0 Å². The minimum absolute atomic E-state index is 0.00821. The summed E-state index contributed by atoms with van der Waals surface area (Å²) in [5, 5.41) is 15.2. The molecule has 0 aromatic heterocycles. The van der Waals surface area contributed by atoms with Crippen molar-refractivity contribution in [2.24, 2.45) is 11.5 Å². The number of carbonyl (C=O) groups excluding carboxylic acids is 5. The second-order valence-corrected chi connectivity index (χ2v) is 12.2. The van der Waals surface area contributed by atoms with Gasteiger partial charge in [-0.3, -0.25) is 28.9 Å². The highest BCUT2D eigenvalue weighted by Gasteiger charge is 2.45. The molecular weight excluding hydrogens is 612 g/mol. The molecule has 0 unspecified atom stereocenters. The number of amides is 5. The average Bonchev–Trinajstić information content (AvgIpc) is 3.60. The first-order valence-electron chi connectivity index (χ1n) is 16.3. The van der Waals surface area contributed by atoms with E-state index in [2.05, 4.69) is 10.6 Å². The molecule has 3 aromatic rings. The second-order valence-electron chi connectivity index (χ2n) is 12.2. The summed E-state index contributed by atoms with van der Waals surface area (Å²) in [6.07, 6.45) is 1.25. The Bertz CT molecular complexity index is 1560. The van der Waals surface area contributed by atoms with Crippen molar-refractivity contribution in [2.75, 3.05) is 19.6 Å². The van der Waals surface area contributed by atoms with E-state index in [1.54, 1.807) is 12.1 Å². The molecule has 0 aliphatic carbocycles. The van der Waals surface area contributed by atoms with Crippen molar-refractivity contribution < 1.29 is 29.1 Å². The third kappa shape index (κ3) is 7.72. The van der Waals surface area contributed by atoms with Gasteiger partial charge in [0.1, 0.15) is 23.9 Å². The van der Waals surface area contributed by atoms with E-state index >= 15 is 0 Å². The Morgan fingerprint density at radius 1 is 0.896 bits per heavy atom. The van der Waals surface area contributed by atoms with Crippen LogP contribution in [0.2, 0.25) is 0 Å². The maximum atomic E-state index is 14.6. The highest BCUT2D eigenvalue weighted by molar-refractivity contribution is 6.05. The van der Waals surface area contributed by atoms with Gasteiger partial charge >= 0.3 is 0 Å². The van der Waals surface area contributed by atoms with E-state index in [0.29, 0.717) is 24.9 Å². The van der Waals surface area contributed by atoms with Gasteiger partial charge in [-0.25, -0.2) is 0 Å². The SMILES string of the molecule is NCCC[C@@H]1C(=O)N[C@@H](C(c2ccccc2)c2ccccc2)C(=O)N2CCC[C@@H]2C(=O)NCC(=O)N1C(=O)[C@@H](N)Cc1ccc(O)cc1. The van der Waals surface area contributed by atoms with E-state index in [0.717, 1.165) is 16.0 Å². The van der Waals surface area contributed by atoms with Crippen LogP contribution in [-0.2, 0) is 30.4 Å². The molecule has 2 saturated heterocycles. The van der Waals surface area contributed by atoms with E-state index in [-0.39, 0.29) is 31.6 Å². The topological polar surface area (TPSA) is 188 Å². The van der Waals surface area contributed by atoms with Gasteiger partial charge in [-0.15, -0.1) is 0 Å². The number of phenolic OH excluding ortho intramolecular Hbond substituents is 1. The van der Waals surface area contributed by atoms with Crippen LogP contribution in [0, 0.1) is 0 Å². The Kier molecular flexibility index (Phi) is 11.2. The predicted molar refractivity (Wildman–Crippen MR) is 178 cm³/mol. The number of fused-ring (bicyclic) bond motifs is 1. The van der Waals surface area contributed by atoms with Crippen molar-refractivity contribution in [2.45, 2.75) is 62.2 Å². The van der Waals surface area contributed by atoms with E-state index in [9.17, 15) is 29.1 Å². The zero-order valence-electron chi connectivity index (χ0n) is 26.7. The maximum absolute atomic E-state index is 14.6. The first-order chi connectivity index (χ1) is 23.2. The van der Waals surface area contributed by atoms with Crippen molar-refractivity contribution >= 4 is 29.5 Å². The number of phenols is 1. The van der Waals surface area contributed by atoms with Crippen molar-refractivity contribution in [1.29, 1.82) is 0 Å². The maximum Gasteiger partial charge on any atom is 0.249 e. The minimum atomic E-state index is -1.37. The van der Waals surface area contributed by atoms with Gasteiger partial charge in [0.2, 0.25) is 29.5 Å². The molecule has 0 bridgehead atoms. The Hall–Kier alpha value is -5.07. The van der Waals surface area contributed by atoms with Gasteiger partial charge in [0, 0.05) is 12.5 Å². The van der Waals surface area contributed by atoms with Crippen LogP contribution in [0.1, 0.15) is 48.3 Å². The number of rotatable bonds is 9. The zero-order valence-corrected chi connectivity index (χ0v) is 26.7. The van der Waals surface area contributed by atoms with Crippen LogP contribution in [0.15, 0.2) is 84.9 Å². The van der Waals surface area contributed by atoms with Crippen molar-refractivity contribution in [3.05, 3.63) is 102 Å². The van der Waals surface area contributed by atoms with Crippen LogP contribution >= 0.6 is 0 Å². The monoisotopic (exact) mass is 654 g/mol. The summed E-state index contributed by atoms with van der Waals surface area (Å²) in [6, 6.07) is 20.1. The van der Waals surface area contributed by atoms with Crippen LogP contribution in [0.4, 0.5) is 0 Å². The number of nitrogens with zero attached hydrogens (tertiary/aromatic N) is 2. The third-order valence-corrected chi connectivity index (χ3v) is 8.98. The molecule has 0 spiro atoms. The Morgan fingerprint density at radius 3 is 2.12 bits per heavy atom. The average molecular weight is 655 g/mol. The van der Waals surface area contributed by atoms with Gasteiger partial charge < -0.3 is 32.1 Å². The molecular formula is C36H42N6O6. The number of nitrogens with two attached hydrogens (primary N) is 2. The molecule has 12 nitrogen and oxygen atoms in total. The van der Waals surface area contributed by atoms with Crippen LogP contribution in [-0.4, -0.2) is 88.2 Å². The minimum Gasteiger partial charge on any atom is -0.508 e. The molecule has 2 heterocycles. The van der Waals surface area contributed by atoms with Crippen molar-refractivity contribution in [3.8, 4) is 5.75 Å². The molecule has 0 saturated carbocycles. The number of imide groups is 1. The highest BCUT2D eigenvalue weighted by Crippen LogP contribution is 2.32. The standard InChI is InChI=1S/C36H42N6O6/c37-19-7-13-29-34(46)40-32(31(24-9-3-1-4-10-24)25-11-5-2-6-12-25)36(48)41-20-8-14-28(41)33(45)39-22-30(44)42(29)35(47)27(38)21-23-15-17-26(43)18-16-23/h1-6,9-12,15-18,27-29,31-32,43H,7-8,13-14,19-22,37-38H2,(H,39,45)(H,40,46)/t27-,28+,29+,32-/m0/s1. The first-order valence-corrected chi connectivity index (χ1v) is 16.3. The number of carbonyl (C=O) groups is 5. The van der Waals surface area contributed by atoms with Gasteiger partial charge in [0.05, 0.1) is 12.6 Å². The molecule has 2 fully saturated rings. The normalized spacial score (nSPS) is 21.2. The molecule has 252 valence electrons. The van der Waals surface area contributed by atoms with Crippen molar-refractivity contribution in [1.82, 2.24) is 20.4 Å². The Labute approximate surface area is 279 Å². The molecule has 5 rings (SSSR count). The number of nitrogens with one attached hydrogen (secondary N) is 2. The van der Waals surface area contributed by atoms with E-state index in [1.807, 2.05) is 60.7 Å². The summed E-state index contributed by atoms with van der Waals surface area (Å²) < 4.78 is 0. The van der Waals surface area contributed by atoms with Crippen LogP contribution in [0.5, 0.6) is 5.75 Å². The fourth-order valence-electron chi connectivity index (χ4n) is 6.57. The highest BCUT2D eigenvalue weighted by atomic mass is 16.3. The smallest absolute Gasteiger partial charge is 0.249 e. The summed E-state index contributed by atoms with van der Waals surface area (Å²) in [5.41, 5.74) is 14.4. The molecule has 0 radical (unpaired) electrons. The number of hydrogen-bond donors (Lipinski definition) is 5. The largest absolute Gasteiger partial charge is 0.508 e. The van der Waals surface area contributed by atoms with Gasteiger partial charge in [-0.05, 0) is 67.5 Å². The van der Waals surface area contributed by atoms with E-state index in [4.69, 9.17) is 11.5 Å². The predicted octanol–water partition coefficient (Wildman–Crippen LogP) is 1.16. The third-order valence-electron chi connectivity index (χ3n) is 8.98. The van der Waals surface area contributed by atoms with Crippen LogP contribution < -0.4 is 22.1 Å².